The minimum Gasteiger partial charge on any atom is -0.478 e. The number of rotatable bonds is 5. The molecule has 0 aromatic carbocycles. The van der Waals surface area contributed by atoms with Crippen molar-refractivity contribution in [2.24, 2.45) is 0 Å². The molecule has 6 heteroatoms. The molecule has 1 rings (SSSR count). The van der Waals surface area contributed by atoms with Gasteiger partial charge in [0.05, 0.1) is 6.54 Å². The van der Waals surface area contributed by atoms with Crippen LogP contribution >= 0.6 is 0 Å². The summed E-state index contributed by atoms with van der Waals surface area (Å²) in [6.07, 6.45) is 2.94. The molecule has 1 saturated heterocycles. The number of ether oxygens (including phenoxy) is 1. The average Bonchev–Trinajstić information content (AvgIpc) is 2.61. The van der Waals surface area contributed by atoms with Gasteiger partial charge in [0.2, 0.25) is 5.91 Å². The van der Waals surface area contributed by atoms with Crippen LogP contribution in [0.1, 0.15) is 12.8 Å². The van der Waals surface area contributed by atoms with Gasteiger partial charge in [0.15, 0.2) is 0 Å². The number of carbonyl (C=O) groups excluding carboxylic acids is 2. The normalized spacial score (nSPS) is 15.8. The highest BCUT2D eigenvalue weighted by Crippen LogP contribution is 2.08. The van der Waals surface area contributed by atoms with E-state index < -0.39 is 11.9 Å². The van der Waals surface area contributed by atoms with Crippen molar-refractivity contribution in [2.45, 2.75) is 12.8 Å². The van der Waals surface area contributed by atoms with Crippen LogP contribution in [-0.4, -0.2) is 47.5 Å². The molecule has 0 aromatic rings. The molecule has 0 spiro atoms. The van der Waals surface area contributed by atoms with E-state index in [1.165, 1.54) is 0 Å². The van der Waals surface area contributed by atoms with Gasteiger partial charge >= 0.3 is 11.9 Å². The third-order valence-electron chi connectivity index (χ3n) is 2.14. The van der Waals surface area contributed by atoms with Gasteiger partial charge in [0.1, 0.15) is 6.61 Å². The molecule has 0 aliphatic carbocycles. The molecule has 0 radical (unpaired) electrons. The van der Waals surface area contributed by atoms with E-state index in [-0.39, 0.29) is 12.5 Å². The van der Waals surface area contributed by atoms with Crippen molar-refractivity contribution >= 4 is 17.8 Å². The van der Waals surface area contributed by atoms with E-state index in [2.05, 4.69) is 0 Å². The van der Waals surface area contributed by atoms with Crippen LogP contribution in [0.15, 0.2) is 12.2 Å². The third kappa shape index (κ3) is 4.12. The van der Waals surface area contributed by atoms with Crippen molar-refractivity contribution in [1.29, 1.82) is 0 Å². The highest BCUT2D eigenvalue weighted by atomic mass is 16.5. The van der Waals surface area contributed by atoms with Gasteiger partial charge in [-0.2, -0.15) is 0 Å². The molecule has 0 atom stereocenters. The van der Waals surface area contributed by atoms with Crippen LogP contribution in [0.3, 0.4) is 0 Å². The topological polar surface area (TPSA) is 83.9 Å². The van der Waals surface area contributed by atoms with Crippen LogP contribution in [-0.2, 0) is 19.1 Å². The highest BCUT2D eigenvalue weighted by Gasteiger charge is 2.19. The SMILES string of the molecule is O=C(O)C=CC(=O)OCCN1CCCC1=O. The second kappa shape index (κ2) is 5.89. The summed E-state index contributed by atoms with van der Waals surface area (Å²) in [5.41, 5.74) is 0. The fourth-order valence-electron chi connectivity index (χ4n) is 1.38. The van der Waals surface area contributed by atoms with E-state index in [0.29, 0.717) is 25.6 Å². The first-order chi connectivity index (χ1) is 7.59. The molecule has 1 N–H and O–H groups in total. The smallest absolute Gasteiger partial charge is 0.331 e. The van der Waals surface area contributed by atoms with Crippen molar-refractivity contribution in [3.8, 4) is 0 Å². The fourth-order valence-corrected chi connectivity index (χ4v) is 1.38. The van der Waals surface area contributed by atoms with Crippen LogP contribution in [0.25, 0.3) is 0 Å². The number of hydrogen-bond donors (Lipinski definition) is 1. The van der Waals surface area contributed by atoms with Gasteiger partial charge in [0.25, 0.3) is 0 Å². The second-order valence-electron chi connectivity index (χ2n) is 3.32. The summed E-state index contributed by atoms with van der Waals surface area (Å²) in [7, 11) is 0. The Hall–Kier alpha value is -1.85. The zero-order valence-corrected chi connectivity index (χ0v) is 8.72. The van der Waals surface area contributed by atoms with Gasteiger partial charge < -0.3 is 14.7 Å². The monoisotopic (exact) mass is 227 g/mol. The molecule has 1 amide bonds. The quantitative estimate of drug-likeness (QED) is 0.519. The number of carbonyl (C=O) groups is 3. The Morgan fingerprint density at radius 1 is 1.44 bits per heavy atom. The van der Waals surface area contributed by atoms with Gasteiger partial charge in [-0.3, -0.25) is 4.79 Å². The number of carboxylic acids is 1. The van der Waals surface area contributed by atoms with Crippen LogP contribution in [0.5, 0.6) is 0 Å². The van der Waals surface area contributed by atoms with Crippen LogP contribution in [0.2, 0.25) is 0 Å². The lowest BCUT2D eigenvalue weighted by molar-refractivity contribution is -0.140. The Balaban J connectivity index is 2.17. The molecule has 88 valence electrons. The summed E-state index contributed by atoms with van der Waals surface area (Å²) in [6, 6.07) is 0. The van der Waals surface area contributed by atoms with Gasteiger partial charge in [-0.25, -0.2) is 9.59 Å². The molecule has 1 aliphatic rings. The molecular weight excluding hydrogens is 214 g/mol. The Morgan fingerprint density at radius 2 is 2.19 bits per heavy atom. The first-order valence-electron chi connectivity index (χ1n) is 4.95. The average molecular weight is 227 g/mol. The maximum atomic E-state index is 11.2. The molecule has 1 heterocycles. The number of likely N-dealkylation sites (tertiary alicyclic amines) is 1. The van der Waals surface area contributed by atoms with Crippen molar-refractivity contribution in [2.75, 3.05) is 19.7 Å². The summed E-state index contributed by atoms with van der Waals surface area (Å²) in [5.74, 6) is -1.85. The maximum absolute atomic E-state index is 11.2. The molecule has 1 fully saturated rings. The van der Waals surface area contributed by atoms with E-state index in [1.54, 1.807) is 4.90 Å². The standard InChI is InChI=1S/C10H13NO5/c12-8-2-1-5-11(8)6-7-16-10(15)4-3-9(13)14/h3-4H,1-2,5-7H2,(H,13,14). The van der Waals surface area contributed by atoms with E-state index in [1.807, 2.05) is 0 Å². The predicted octanol–water partition coefficient (Wildman–Crippen LogP) is -0.207. The molecule has 0 unspecified atom stereocenters. The molecule has 0 saturated carbocycles. The summed E-state index contributed by atoms with van der Waals surface area (Å²) >= 11 is 0. The zero-order chi connectivity index (χ0) is 12.0. The Kier molecular flexibility index (Phi) is 4.50. The second-order valence-corrected chi connectivity index (χ2v) is 3.32. The van der Waals surface area contributed by atoms with Crippen molar-refractivity contribution in [3.63, 3.8) is 0 Å². The summed E-state index contributed by atoms with van der Waals surface area (Å²) in [4.78, 5) is 33.8. The predicted molar refractivity (Wildman–Crippen MR) is 53.5 cm³/mol. The zero-order valence-electron chi connectivity index (χ0n) is 8.72. The Bertz CT molecular complexity index is 323. The number of amides is 1. The molecule has 1 aliphatic heterocycles. The lowest BCUT2D eigenvalue weighted by atomic mass is 10.4. The van der Waals surface area contributed by atoms with Crippen molar-refractivity contribution in [3.05, 3.63) is 12.2 Å². The number of aliphatic carboxylic acids is 1. The molecule has 0 aromatic heterocycles. The molecule has 16 heavy (non-hydrogen) atoms. The van der Waals surface area contributed by atoms with Gasteiger partial charge in [-0.1, -0.05) is 0 Å². The largest absolute Gasteiger partial charge is 0.478 e. The lowest BCUT2D eigenvalue weighted by Crippen LogP contribution is -2.29. The summed E-state index contributed by atoms with van der Waals surface area (Å²) in [5, 5.41) is 8.25. The lowest BCUT2D eigenvalue weighted by Gasteiger charge is -2.14. The minimum absolute atomic E-state index is 0.0668. The molecular formula is C10H13NO5. The number of carboxylic acid groups (broad SMARTS) is 1. The number of hydrogen-bond acceptors (Lipinski definition) is 4. The first kappa shape index (κ1) is 12.2. The minimum atomic E-state index is -1.20. The highest BCUT2D eigenvalue weighted by molar-refractivity contribution is 5.90. The molecule has 6 nitrogen and oxygen atoms in total. The Labute approximate surface area is 92.5 Å². The number of esters is 1. The number of nitrogens with zero attached hydrogens (tertiary/aromatic N) is 1. The van der Waals surface area contributed by atoms with E-state index in [4.69, 9.17) is 9.84 Å². The van der Waals surface area contributed by atoms with Crippen molar-refractivity contribution < 1.29 is 24.2 Å². The van der Waals surface area contributed by atoms with Crippen LogP contribution in [0, 0.1) is 0 Å². The third-order valence-corrected chi connectivity index (χ3v) is 2.14. The van der Waals surface area contributed by atoms with E-state index in [0.717, 1.165) is 12.5 Å². The van der Waals surface area contributed by atoms with Gasteiger partial charge in [-0.05, 0) is 6.42 Å². The van der Waals surface area contributed by atoms with Gasteiger partial charge in [-0.15, -0.1) is 0 Å². The van der Waals surface area contributed by atoms with Crippen LogP contribution in [0.4, 0.5) is 0 Å². The first-order valence-corrected chi connectivity index (χ1v) is 4.95. The molecule has 0 bridgehead atoms. The fraction of sp³-hybridized carbons (Fsp3) is 0.500. The van der Waals surface area contributed by atoms with E-state index >= 15 is 0 Å². The Morgan fingerprint density at radius 3 is 2.75 bits per heavy atom. The maximum Gasteiger partial charge on any atom is 0.331 e. The summed E-state index contributed by atoms with van der Waals surface area (Å²) < 4.78 is 4.72. The van der Waals surface area contributed by atoms with Gasteiger partial charge in [0, 0.05) is 25.1 Å². The van der Waals surface area contributed by atoms with E-state index in [9.17, 15) is 14.4 Å². The van der Waals surface area contributed by atoms with Crippen molar-refractivity contribution in [1.82, 2.24) is 4.90 Å². The summed E-state index contributed by atoms with van der Waals surface area (Å²) in [6.45, 7) is 1.15. The van der Waals surface area contributed by atoms with Crippen LogP contribution < -0.4 is 0 Å².